The van der Waals surface area contributed by atoms with E-state index in [9.17, 15) is 4.39 Å². The van der Waals surface area contributed by atoms with Gasteiger partial charge in [0.05, 0.1) is 5.56 Å². The van der Waals surface area contributed by atoms with Crippen molar-refractivity contribution in [3.8, 4) is 6.07 Å². The average molecular weight is 307 g/mol. The summed E-state index contributed by atoms with van der Waals surface area (Å²) in [5.74, 6) is 0.315. The third-order valence-electron chi connectivity index (χ3n) is 2.54. The summed E-state index contributed by atoms with van der Waals surface area (Å²) >= 11 is 5.92. The Morgan fingerprint density at radius 3 is 2.90 bits per heavy atom. The highest BCUT2D eigenvalue weighted by Gasteiger charge is 2.06. The summed E-state index contributed by atoms with van der Waals surface area (Å²) in [6, 6.07) is 7.43. The van der Waals surface area contributed by atoms with Crippen molar-refractivity contribution in [3.63, 3.8) is 0 Å². The highest BCUT2D eigenvalue weighted by molar-refractivity contribution is 6.29. The molecule has 1 aromatic carbocycles. The van der Waals surface area contributed by atoms with E-state index in [0.29, 0.717) is 23.9 Å². The molecule has 1 aromatic heterocycles. The molecular formula is C14H12ClFN4O. The SMILES string of the molecule is CCOCc1nc(Cl)cc(Nc2ccc(F)c(C#N)c2)n1. The molecule has 2 aromatic rings. The monoisotopic (exact) mass is 306 g/mol. The average Bonchev–Trinajstić information content (AvgIpc) is 2.46. The molecule has 0 aliphatic carbocycles. The summed E-state index contributed by atoms with van der Waals surface area (Å²) < 4.78 is 18.5. The van der Waals surface area contributed by atoms with E-state index < -0.39 is 5.82 Å². The van der Waals surface area contributed by atoms with Gasteiger partial charge in [0, 0.05) is 18.4 Å². The molecule has 108 valence electrons. The van der Waals surface area contributed by atoms with Gasteiger partial charge in [-0.05, 0) is 25.1 Å². The summed E-state index contributed by atoms with van der Waals surface area (Å²) in [6.45, 7) is 2.66. The Morgan fingerprint density at radius 2 is 2.19 bits per heavy atom. The van der Waals surface area contributed by atoms with Gasteiger partial charge < -0.3 is 10.1 Å². The van der Waals surface area contributed by atoms with Crippen LogP contribution in [0.1, 0.15) is 18.3 Å². The van der Waals surface area contributed by atoms with Crippen LogP contribution in [-0.4, -0.2) is 16.6 Å². The molecule has 0 bridgehead atoms. The minimum Gasteiger partial charge on any atom is -0.374 e. The number of nitrogens with zero attached hydrogens (tertiary/aromatic N) is 3. The molecular weight excluding hydrogens is 295 g/mol. The Kier molecular flexibility index (Phi) is 5.04. The highest BCUT2D eigenvalue weighted by Crippen LogP contribution is 2.20. The second-order valence-electron chi connectivity index (χ2n) is 4.06. The molecule has 5 nitrogen and oxygen atoms in total. The molecule has 0 saturated carbocycles. The van der Waals surface area contributed by atoms with Crippen molar-refractivity contribution in [2.24, 2.45) is 0 Å². The number of aromatic nitrogens is 2. The highest BCUT2D eigenvalue weighted by atomic mass is 35.5. The van der Waals surface area contributed by atoms with Crippen LogP contribution in [0.5, 0.6) is 0 Å². The molecule has 1 heterocycles. The second-order valence-corrected chi connectivity index (χ2v) is 4.45. The predicted octanol–water partition coefficient (Wildman–Crippen LogP) is 3.42. The number of hydrogen-bond acceptors (Lipinski definition) is 5. The number of hydrogen-bond donors (Lipinski definition) is 1. The number of nitriles is 1. The third kappa shape index (κ3) is 4.12. The number of ether oxygens (including phenoxy) is 1. The van der Waals surface area contributed by atoms with Gasteiger partial charge in [-0.15, -0.1) is 0 Å². The van der Waals surface area contributed by atoms with E-state index in [1.807, 2.05) is 6.92 Å². The van der Waals surface area contributed by atoms with Gasteiger partial charge in [0.2, 0.25) is 0 Å². The second kappa shape index (κ2) is 6.97. The van der Waals surface area contributed by atoms with Crippen molar-refractivity contribution in [2.45, 2.75) is 13.5 Å². The minimum absolute atomic E-state index is 0.0466. The van der Waals surface area contributed by atoms with Crippen molar-refractivity contribution >= 4 is 23.1 Å². The first-order valence-corrected chi connectivity index (χ1v) is 6.58. The topological polar surface area (TPSA) is 70.8 Å². The minimum atomic E-state index is -0.569. The zero-order valence-electron chi connectivity index (χ0n) is 11.2. The molecule has 1 N–H and O–H groups in total. The smallest absolute Gasteiger partial charge is 0.158 e. The maximum atomic E-state index is 13.3. The van der Waals surface area contributed by atoms with Gasteiger partial charge in [0.1, 0.15) is 29.5 Å². The van der Waals surface area contributed by atoms with Crippen LogP contribution in [0.15, 0.2) is 24.3 Å². The summed E-state index contributed by atoms with van der Waals surface area (Å²) in [4.78, 5) is 8.27. The van der Waals surface area contributed by atoms with Gasteiger partial charge >= 0.3 is 0 Å². The van der Waals surface area contributed by atoms with E-state index in [1.54, 1.807) is 6.07 Å². The number of anilines is 2. The Balaban J connectivity index is 2.23. The van der Waals surface area contributed by atoms with Crippen molar-refractivity contribution in [1.82, 2.24) is 9.97 Å². The Labute approximate surface area is 126 Å². The lowest BCUT2D eigenvalue weighted by Crippen LogP contribution is -2.03. The molecule has 0 atom stereocenters. The van der Waals surface area contributed by atoms with Crippen LogP contribution >= 0.6 is 11.6 Å². The fraction of sp³-hybridized carbons (Fsp3) is 0.214. The molecule has 0 fully saturated rings. The van der Waals surface area contributed by atoms with E-state index in [-0.39, 0.29) is 17.3 Å². The van der Waals surface area contributed by atoms with Gasteiger partial charge in [-0.25, -0.2) is 14.4 Å². The number of benzene rings is 1. The van der Waals surface area contributed by atoms with Crippen molar-refractivity contribution in [3.05, 3.63) is 46.6 Å². The molecule has 0 radical (unpaired) electrons. The van der Waals surface area contributed by atoms with Crippen LogP contribution in [-0.2, 0) is 11.3 Å². The van der Waals surface area contributed by atoms with Crippen LogP contribution in [0.25, 0.3) is 0 Å². The molecule has 7 heteroatoms. The Hall–Kier alpha value is -2.23. The molecule has 0 aliphatic rings. The molecule has 0 amide bonds. The van der Waals surface area contributed by atoms with E-state index >= 15 is 0 Å². The van der Waals surface area contributed by atoms with E-state index in [0.717, 1.165) is 0 Å². The van der Waals surface area contributed by atoms with Crippen LogP contribution in [0.3, 0.4) is 0 Å². The zero-order valence-corrected chi connectivity index (χ0v) is 12.0. The molecule has 2 rings (SSSR count). The predicted molar refractivity (Wildman–Crippen MR) is 76.8 cm³/mol. The first kappa shape index (κ1) is 15.2. The zero-order chi connectivity index (χ0) is 15.2. The summed E-state index contributed by atoms with van der Waals surface area (Å²) in [7, 11) is 0. The van der Waals surface area contributed by atoms with E-state index in [1.165, 1.54) is 24.3 Å². The van der Waals surface area contributed by atoms with Crippen LogP contribution in [0.2, 0.25) is 5.15 Å². The molecule has 0 saturated heterocycles. The maximum absolute atomic E-state index is 13.3. The molecule has 0 unspecified atom stereocenters. The normalized spacial score (nSPS) is 10.2. The summed E-state index contributed by atoms with van der Waals surface area (Å²) in [6.07, 6.45) is 0. The van der Waals surface area contributed by atoms with Gasteiger partial charge in [0.15, 0.2) is 5.82 Å². The van der Waals surface area contributed by atoms with Crippen molar-refractivity contribution in [2.75, 3.05) is 11.9 Å². The largest absolute Gasteiger partial charge is 0.374 e. The van der Waals surface area contributed by atoms with Crippen LogP contribution in [0.4, 0.5) is 15.9 Å². The fourth-order valence-corrected chi connectivity index (χ4v) is 1.82. The lowest BCUT2D eigenvalue weighted by atomic mass is 10.2. The quantitative estimate of drug-likeness (QED) is 0.857. The van der Waals surface area contributed by atoms with E-state index in [2.05, 4.69) is 15.3 Å². The fourth-order valence-electron chi connectivity index (χ4n) is 1.62. The maximum Gasteiger partial charge on any atom is 0.158 e. The molecule has 21 heavy (non-hydrogen) atoms. The van der Waals surface area contributed by atoms with Crippen molar-refractivity contribution < 1.29 is 9.13 Å². The van der Waals surface area contributed by atoms with Crippen LogP contribution < -0.4 is 5.32 Å². The standard InChI is InChI=1S/C14H12ClFN4O/c1-2-21-8-14-19-12(15)6-13(20-14)18-10-3-4-11(16)9(5-10)7-17/h3-6H,2,8H2,1H3,(H,18,19,20). The molecule has 0 aliphatic heterocycles. The van der Waals surface area contributed by atoms with Gasteiger partial charge in [-0.2, -0.15) is 5.26 Å². The molecule has 0 spiro atoms. The van der Waals surface area contributed by atoms with Gasteiger partial charge in [-0.1, -0.05) is 11.6 Å². The number of halogens is 2. The first-order valence-electron chi connectivity index (χ1n) is 6.20. The first-order chi connectivity index (χ1) is 10.1. The number of rotatable bonds is 5. The lowest BCUT2D eigenvalue weighted by molar-refractivity contribution is 0.128. The van der Waals surface area contributed by atoms with Gasteiger partial charge in [0.25, 0.3) is 0 Å². The van der Waals surface area contributed by atoms with Crippen molar-refractivity contribution in [1.29, 1.82) is 5.26 Å². The van der Waals surface area contributed by atoms with E-state index in [4.69, 9.17) is 21.6 Å². The summed E-state index contributed by atoms with van der Waals surface area (Å²) in [5, 5.41) is 12.0. The third-order valence-corrected chi connectivity index (χ3v) is 2.73. The number of nitrogens with one attached hydrogen (secondary N) is 1. The van der Waals surface area contributed by atoms with Crippen LogP contribution in [0, 0.1) is 17.1 Å². The lowest BCUT2D eigenvalue weighted by Gasteiger charge is -2.08. The Morgan fingerprint density at radius 1 is 1.38 bits per heavy atom. The summed E-state index contributed by atoms with van der Waals surface area (Å²) in [5.41, 5.74) is 0.486. The Bertz CT molecular complexity index is 687. The van der Waals surface area contributed by atoms with Gasteiger partial charge in [-0.3, -0.25) is 0 Å².